The van der Waals surface area contributed by atoms with E-state index in [-0.39, 0.29) is 37.4 Å². The average Bonchev–Trinajstić information content (AvgIpc) is 3.34. The number of anilines is 1. The standard InChI is InChI=1S/C25H28N2O5/c1-17(2)18-5-8-20(9-6-18)31-15-22(28)19-7-10-23-21(13-19)27(25(30)16-32-23)14-24(29)26-11-3-4-12-26/h5-10,13,17H,3-4,11-12,14-16H2,1-2H3. The molecule has 1 fully saturated rings. The number of amides is 2. The minimum Gasteiger partial charge on any atom is -0.485 e. The van der Waals surface area contributed by atoms with E-state index in [0.29, 0.717) is 28.7 Å². The van der Waals surface area contributed by atoms with Gasteiger partial charge in [0, 0.05) is 18.7 Å². The number of Topliss-reactive ketones (excluding diaryl/α,β-unsaturated/α-hetero) is 1. The molecule has 0 aromatic heterocycles. The van der Waals surface area contributed by atoms with Crippen LogP contribution in [0.3, 0.4) is 0 Å². The highest BCUT2D eigenvalue weighted by Crippen LogP contribution is 2.33. The highest BCUT2D eigenvalue weighted by Gasteiger charge is 2.30. The summed E-state index contributed by atoms with van der Waals surface area (Å²) in [6.45, 7) is 5.38. The molecule has 0 unspecified atom stereocenters. The summed E-state index contributed by atoms with van der Waals surface area (Å²) in [4.78, 5) is 41.1. The summed E-state index contributed by atoms with van der Waals surface area (Å²) in [5.74, 6) is 0.929. The molecule has 168 valence electrons. The fourth-order valence-electron chi connectivity index (χ4n) is 3.93. The Bertz CT molecular complexity index is 1010. The molecule has 2 aromatic rings. The van der Waals surface area contributed by atoms with E-state index in [0.717, 1.165) is 25.9 Å². The highest BCUT2D eigenvalue weighted by atomic mass is 16.5. The first-order chi connectivity index (χ1) is 15.4. The van der Waals surface area contributed by atoms with Crippen LogP contribution in [0.1, 0.15) is 48.5 Å². The van der Waals surface area contributed by atoms with Crippen molar-refractivity contribution in [1.29, 1.82) is 0 Å². The van der Waals surface area contributed by atoms with Crippen molar-refractivity contribution in [1.82, 2.24) is 4.90 Å². The minimum atomic E-state index is -0.295. The van der Waals surface area contributed by atoms with E-state index in [1.54, 1.807) is 23.1 Å². The number of hydrogen-bond acceptors (Lipinski definition) is 5. The van der Waals surface area contributed by atoms with Crippen molar-refractivity contribution in [2.45, 2.75) is 32.6 Å². The van der Waals surface area contributed by atoms with E-state index < -0.39 is 0 Å². The second-order valence-corrected chi connectivity index (χ2v) is 8.47. The van der Waals surface area contributed by atoms with Crippen LogP contribution in [-0.4, -0.2) is 55.3 Å². The third-order valence-electron chi connectivity index (χ3n) is 5.89. The molecular weight excluding hydrogens is 408 g/mol. The van der Waals surface area contributed by atoms with Crippen molar-refractivity contribution in [3.05, 3.63) is 53.6 Å². The van der Waals surface area contributed by atoms with Crippen LogP contribution < -0.4 is 14.4 Å². The average molecular weight is 437 g/mol. The van der Waals surface area contributed by atoms with Crippen LogP contribution in [0.25, 0.3) is 0 Å². The van der Waals surface area contributed by atoms with Crippen LogP contribution in [0.2, 0.25) is 0 Å². The fourth-order valence-corrected chi connectivity index (χ4v) is 3.93. The van der Waals surface area contributed by atoms with Gasteiger partial charge in [-0.15, -0.1) is 0 Å². The summed E-state index contributed by atoms with van der Waals surface area (Å²) in [6.07, 6.45) is 1.97. The summed E-state index contributed by atoms with van der Waals surface area (Å²) in [5, 5.41) is 0. The summed E-state index contributed by atoms with van der Waals surface area (Å²) < 4.78 is 11.2. The molecule has 0 radical (unpaired) electrons. The lowest BCUT2D eigenvalue weighted by molar-refractivity contribution is -0.131. The van der Waals surface area contributed by atoms with Gasteiger partial charge in [-0.2, -0.15) is 0 Å². The fraction of sp³-hybridized carbons (Fsp3) is 0.400. The number of rotatable bonds is 7. The lowest BCUT2D eigenvalue weighted by Crippen LogP contribution is -2.46. The normalized spacial score (nSPS) is 15.5. The van der Waals surface area contributed by atoms with Crippen LogP contribution in [-0.2, 0) is 9.59 Å². The van der Waals surface area contributed by atoms with E-state index in [2.05, 4.69) is 13.8 Å². The third kappa shape index (κ3) is 4.77. The van der Waals surface area contributed by atoms with Crippen molar-refractivity contribution in [2.24, 2.45) is 0 Å². The van der Waals surface area contributed by atoms with Gasteiger partial charge in [0.2, 0.25) is 5.91 Å². The molecule has 2 aromatic carbocycles. The SMILES string of the molecule is CC(C)c1ccc(OCC(=O)c2ccc3c(c2)N(CC(=O)N2CCCC2)C(=O)CO3)cc1. The molecule has 32 heavy (non-hydrogen) atoms. The minimum absolute atomic E-state index is 0.0501. The Morgan fingerprint density at radius 1 is 1.06 bits per heavy atom. The number of benzene rings is 2. The Kier molecular flexibility index (Phi) is 6.44. The van der Waals surface area contributed by atoms with Crippen LogP contribution in [0.15, 0.2) is 42.5 Å². The van der Waals surface area contributed by atoms with Gasteiger partial charge >= 0.3 is 0 Å². The van der Waals surface area contributed by atoms with E-state index >= 15 is 0 Å². The third-order valence-corrected chi connectivity index (χ3v) is 5.89. The summed E-state index contributed by atoms with van der Waals surface area (Å²) in [5.41, 5.74) is 2.05. The lowest BCUT2D eigenvalue weighted by Gasteiger charge is -2.30. The van der Waals surface area contributed by atoms with Gasteiger partial charge in [0.1, 0.15) is 18.0 Å². The molecule has 4 rings (SSSR count). The number of likely N-dealkylation sites (tertiary alicyclic amines) is 1. The first-order valence-corrected chi connectivity index (χ1v) is 11.0. The summed E-state index contributed by atoms with van der Waals surface area (Å²) in [6, 6.07) is 12.6. The number of ketones is 1. The first kappa shape index (κ1) is 21.9. The molecule has 0 aliphatic carbocycles. The molecule has 0 bridgehead atoms. The predicted octanol–water partition coefficient (Wildman–Crippen LogP) is 3.42. The monoisotopic (exact) mass is 436 g/mol. The second kappa shape index (κ2) is 9.42. The van der Waals surface area contributed by atoms with E-state index in [1.165, 1.54) is 10.5 Å². The molecule has 2 heterocycles. The van der Waals surface area contributed by atoms with E-state index in [1.807, 2.05) is 24.3 Å². The summed E-state index contributed by atoms with van der Waals surface area (Å²) in [7, 11) is 0. The highest BCUT2D eigenvalue weighted by molar-refractivity contribution is 6.04. The smallest absolute Gasteiger partial charge is 0.265 e. The molecule has 2 amide bonds. The van der Waals surface area contributed by atoms with Gasteiger partial charge in [0.15, 0.2) is 19.0 Å². The van der Waals surface area contributed by atoms with Crippen molar-refractivity contribution in [2.75, 3.05) is 37.7 Å². The van der Waals surface area contributed by atoms with Gasteiger partial charge < -0.3 is 14.4 Å². The van der Waals surface area contributed by atoms with E-state index in [9.17, 15) is 14.4 Å². The van der Waals surface area contributed by atoms with Crippen molar-refractivity contribution in [3.8, 4) is 11.5 Å². The Hall–Kier alpha value is -3.35. The quantitative estimate of drug-likeness (QED) is 0.622. The molecule has 2 aliphatic rings. The van der Waals surface area contributed by atoms with Crippen molar-refractivity contribution >= 4 is 23.3 Å². The zero-order valence-corrected chi connectivity index (χ0v) is 18.5. The van der Waals surface area contributed by atoms with Crippen LogP contribution >= 0.6 is 0 Å². The zero-order chi connectivity index (χ0) is 22.7. The van der Waals surface area contributed by atoms with Gasteiger partial charge in [-0.05, 0) is 54.7 Å². The Morgan fingerprint density at radius 3 is 2.47 bits per heavy atom. The van der Waals surface area contributed by atoms with Crippen molar-refractivity contribution in [3.63, 3.8) is 0 Å². The van der Waals surface area contributed by atoms with Gasteiger partial charge in [-0.25, -0.2) is 0 Å². The Labute approximate surface area is 187 Å². The van der Waals surface area contributed by atoms with Crippen LogP contribution in [0.4, 0.5) is 5.69 Å². The Balaban J connectivity index is 1.46. The largest absolute Gasteiger partial charge is 0.485 e. The topological polar surface area (TPSA) is 76.2 Å². The van der Waals surface area contributed by atoms with E-state index in [4.69, 9.17) is 9.47 Å². The molecule has 0 N–H and O–H groups in total. The molecular formula is C25H28N2O5. The molecule has 1 saturated heterocycles. The van der Waals surface area contributed by atoms with Gasteiger partial charge in [-0.3, -0.25) is 19.3 Å². The Morgan fingerprint density at radius 2 is 1.78 bits per heavy atom. The first-order valence-electron chi connectivity index (χ1n) is 11.0. The number of carbonyl (C=O) groups excluding carboxylic acids is 3. The molecule has 0 atom stereocenters. The molecule has 7 nitrogen and oxygen atoms in total. The number of carbonyl (C=O) groups is 3. The van der Waals surface area contributed by atoms with Crippen LogP contribution in [0.5, 0.6) is 11.5 Å². The maximum absolute atomic E-state index is 12.8. The predicted molar refractivity (Wildman–Crippen MR) is 120 cm³/mol. The molecule has 7 heteroatoms. The lowest BCUT2D eigenvalue weighted by atomic mass is 10.0. The summed E-state index contributed by atoms with van der Waals surface area (Å²) >= 11 is 0. The molecule has 0 saturated carbocycles. The number of ether oxygens (including phenoxy) is 2. The maximum Gasteiger partial charge on any atom is 0.265 e. The van der Waals surface area contributed by atoms with Crippen LogP contribution in [0, 0.1) is 0 Å². The number of fused-ring (bicyclic) bond motifs is 1. The zero-order valence-electron chi connectivity index (χ0n) is 18.5. The second-order valence-electron chi connectivity index (χ2n) is 8.47. The number of hydrogen-bond donors (Lipinski definition) is 0. The molecule has 0 spiro atoms. The van der Waals surface area contributed by atoms with Gasteiger partial charge in [0.25, 0.3) is 5.91 Å². The number of nitrogens with zero attached hydrogens (tertiary/aromatic N) is 2. The maximum atomic E-state index is 12.8. The van der Waals surface area contributed by atoms with Gasteiger partial charge in [-0.1, -0.05) is 26.0 Å². The van der Waals surface area contributed by atoms with Crippen molar-refractivity contribution < 1.29 is 23.9 Å². The van der Waals surface area contributed by atoms with Gasteiger partial charge in [0.05, 0.1) is 5.69 Å². The molecule has 2 aliphatic heterocycles.